The van der Waals surface area contributed by atoms with Gasteiger partial charge in [-0.2, -0.15) is 0 Å². The summed E-state index contributed by atoms with van der Waals surface area (Å²) < 4.78 is 0. The second kappa shape index (κ2) is 9.19. The maximum absolute atomic E-state index is 11.9. The molecule has 0 bridgehead atoms. The number of nitrogens with zero attached hydrogens (tertiary/aromatic N) is 1. The highest BCUT2D eigenvalue weighted by Gasteiger charge is 2.33. The first-order valence-electron chi connectivity index (χ1n) is 7.11. The number of hydrogen-bond donors (Lipinski definition) is 3. The molecule has 2 atom stereocenters. The molecular formula is C15H22ClIN4O. The topological polar surface area (TPSA) is 65.5 Å². The fourth-order valence-corrected chi connectivity index (χ4v) is 2.08. The smallest absolute Gasteiger partial charge is 0.251 e. The van der Waals surface area contributed by atoms with Gasteiger partial charge in [0.2, 0.25) is 0 Å². The Bertz CT molecular complexity index is 521. The van der Waals surface area contributed by atoms with Crippen LogP contribution in [0.4, 0.5) is 0 Å². The molecule has 1 aliphatic carbocycles. The van der Waals surface area contributed by atoms with E-state index in [4.69, 9.17) is 11.6 Å². The predicted octanol–water partition coefficient (Wildman–Crippen LogP) is 2.26. The molecule has 1 saturated carbocycles. The van der Waals surface area contributed by atoms with Crippen molar-refractivity contribution >= 4 is 47.4 Å². The van der Waals surface area contributed by atoms with Crippen molar-refractivity contribution in [3.8, 4) is 0 Å². The standard InChI is InChI=1S/C15H21ClN4O.HI/c1-10-9-13(10)20-15(17-2)19-8-7-18-14(21)11-3-5-12(16)6-4-11;/h3-6,10,13H,7-9H2,1-2H3,(H,18,21)(H2,17,19,20);1H. The van der Waals surface area contributed by atoms with Crippen molar-refractivity contribution in [3.63, 3.8) is 0 Å². The van der Waals surface area contributed by atoms with Crippen molar-refractivity contribution in [2.75, 3.05) is 20.1 Å². The fourth-order valence-electron chi connectivity index (χ4n) is 1.95. The minimum Gasteiger partial charge on any atom is -0.355 e. The van der Waals surface area contributed by atoms with Crippen LogP contribution < -0.4 is 16.0 Å². The average Bonchev–Trinajstić information content (AvgIpc) is 3.18. The van der Waals surface area contributed by atoms with Crippen LogP contribution in [-0.2, 0) is 0 Å². The van der Waals surface area contributed by atoms with Gasteiger partial charge in [0.15, 0.2) is 5.96 Å². The van der Waals surface area contributed by atoms with E-state index in [1.165, 1.54) is 6.42 Å². The number of benzene rings is 1. The molecular weight excluding hydrogens is 415 g/mol. The number of halogens is 2. The van der Waals surface area contributed by atoms with Crippen molar-refractivity contribution in [2.45, 2.75) is 19.4 Å². The first-order chi connectivity index (χ1) is 10.1. The molecule has 0 aliphatic heterocycles. The molecule has 2 unspecified atom stereocenters. The molecule has 1 aliphatic rings. The second-order valence-electron chi connectivity index (χ2n) is 5.23. The molecule has 7 heteroatoms. The van der Waals surface area contributed by atoms with Crippen LogP contribution in [-0.4, -0.2) is 38.0 Å². The van der Waals surface area contributed by atoms with Gasteiger partial charge in [-0.05, 0) is 36.6 Å². The third-order valence-corrected chi connectivity index (χ3v) is 3.72. The van der Waals surface area contributed by atoms with Crippen molar-refractivity contribution in [3.05, 3.63) is 34.9 Å². The maximum Gasteiger partial charge on any atom is 0.251 e. The van der Waals surface area contributed by atoms with Crippen molar-refractivity contribution in [1.82, 2.24) is 16.0 Å². The van der Waals surface area contributed by atoms with E-state index in [0.29, 0.717) is 35.6 Å². The summed E-state index contributed by atoms with van der Waals surface area (Å²) in [5.74, 6) is 1.39. The molecule has 3 N–H and O–H groups in total. The molecule has 122 valence electrons. The predicted molar refractivity (Wildman–Crippen MR) is 101 cm³/mol. The molecule has 0 radical (unpaired) electrons. The lowest BCUT2D eigenvalue weighted by molar-refractivity contribution is 0.0954. The molecule has 2 rings (SSSR count). The Labute approximate surface area is 153 Å². The highest BCUT2D eigenvalue weighted by atomic mass is 127. The van der Waals surface area contributed by atoms with E-state index in [1.807, 2.05) is 0 Å². The molecule has 1 amide bonds. The van der Waals surface area contributed by atoms with Gasteiger partial charge in [-0.15, -0.1) is 24.0 Å². The van der Waals surface area contributed by atoms with E-state index in [9.17, 15) is 4.79 Å². The quantitative estimate of drug-likeness (QED) is 0.287. The van der Waals surface area contributed by atoms with Gasteiger partial charge in [0.05, 0.1) is 0 Å². The second-order valence-corrected chi connectivity index (χ2v) is 5.66. The molecule has 1 aromatic rings. The van der Waals surface area contributed by atoms with E-state index in [1.54, 1.807) is 31.3 Å². The molecule has 1 fully saturated rings. The molecule has 0 aromatic heterocycles. The number of rotatable bonds is 5. The first kappa shape index (κ1) is 19.0. The number of guanidine groups is 1. The van der Waals surface area contributed by atoms with Crippen LogP contribution in [0.3, 0.4) is 0 Å². The molecule has 0 spiro atoms. The third-order valence-electron chi connectivity index (χ3n) is 3.46. The lowest BCUT2D eigenvalue weighted by Gasteiger charge is -2.12. The zero-order valence-corrected chi connectivity index (χ0v) is 15.8. The number of amides is 1. The van der Waals surface area contributed by atoms with Crippen LogP contribution in [0.25, 0.3) is 0 Å². The lowest BCUT2D eigenvalue weighted by Crippen LogP contribution is -2.42. The summed E-state index contributed by atoms with van der Waals surface area (Å²) in [7, 11) is 1.74. The third kappa shape index (κ3) is 6.00. The number of carbonyl (C=O) groups is 1. The van der Waals surface area contributed by atoms with Crippen LogP contribution in [0.15, 0.2) is 29.3 Å². The van der Waals surface area contributed by atoms with Gasteiger partial charge in [0, 0.05) is 36.8 Å². The summed E-state index contributed by atoms with van der Waals surface area (Å²) in [6, 6.07) is 7.36. The minimum absolute atomic E-state index is 0. The van der Waals surface area contributed by atoms with Gasteiger partial charge in [0.1, 0.15) is 0 Å². The number of nitrogens with one attached hydrogen (secondary N) is 3. The van der Waals surface area contributed by atoms with Gasteiger partial charge in [-0.3, -0.25) is 9.79 Å². The van der Waals surface area contributed by atoms with Crippen LogP contribution in [0, 0.1) is 5.92 Å². The Morgan fingerprint density at radius 3 is 2.41 bits per heavy atom. The van der Waals surface area contributed by atoms with E-state index in [-0.39, 0.29) is 29.9 Å². The summed E-state index contributed by atoms with van der Waals surface area (Å²) in [5.41, 5.74) is 0.605. The number of hydrogen-bond acceptors (Lipinski definition) is 2. The van der Waals surface area contributed by atoms with Gasteiger partial charge >= 0.3 is 0 Å². The first-order valence-corrected chi connectivity index (χ1v) is 7.49. The average molecular weight is 437 g/mol. The van der Waals surface area contributed by atoms with Crippen LogP contribution in [0.5, 0.6) is 0 Å². The monoisotopic (exact) mass is 436 g/mol. The Kier molecular flexibility index (Phi) is 7.95. The molecule has 0 saturated heterocycles. The summed E-state index contributed by atoms with van der Waals surface area (Å²) in [5, 5.41) is 9.98. The Morgan fingerprint density at radius 1 is 1.27 bits per heavy atom. The number of carbonyl (C=O) groups excluding carboxylic acids is 1. The molecule has 1 aromatic carbocycles. The zero-order chi connectivity index (χ0) is 15.2. The Morgan fingerprint density at radius 2 is 1.86 bits per heavy atom. The summed E-state index contributed by atoms with van der Waals surface area (Å²) >= 11 is 5.79. The Hall–Kier alpha value is -1.02. The van der Waals surface area contributed by atoms with E-state index < -0.39 is 0 Å². The largest absolute Gasteiger partial charge is 0.355 e. The van der Waals surface area contributed by atoms with Crippen molar-refractivity contribution in [2.24, 2.45) is 10.9 Å². The molecule has 0 heterocycles. The highest BCUT2D eigenvalue weighted by molar-refractivity contribution is 14.0. The normalized spacial score (nSPS) is 19.9. The van der Waals surface area contributed by atoms with Gasteiger partial charge in [0.25, 0.3) is 5.91 Å². The lowest BCUT2D eigenvalue weighted by atomic mass is 10.2. The SMILES string of the molecule is CN=C(NCCNC(=O)c1ccc(Cl)cc1)NC1CC1C.I. The van der Waals surface area contributed by atoms with Gasteiger partial charge in [-0.25, -0.2) is 0 Å². The van der Waals surface area contributed by atoms with E-state index in [0.717, 1.165) is 5.96 Å². The molecule has 22 heavy (non-hydrogen) atoms. The zero-order valence-electron chi connectivity index (χ0n) is 12.7. The summed E-state index contributed by atoms with van der Waals surface area (Å²) in [6.45, 7) is 3.36. The van der Waals surface area contributed by atoms with Gasteiger partial charge in [-0.1, -0.05) is 18.5 Å². The highest BCUT2D eigenvalue weighted by Crippen LogP contribution is 2.28. The van der Waals surface area contributed by atoms with E-state index >= 15 is 0 Å². The Balaban J connectivity index is 0.00000242. The molecule has 5 nitrogen and oxygen atoms in total. The van der Waals surface area contributed by atoms with Crippen LogP contribution >= 0.6 is 35.6 Å². The maximum atomic E-state index is 11.9. The number of aliphatic imine (C=N–C) groups is 1. The fraction of sp³-hybridized carbons (Fsp3) is 0.467. The van der Waals surface area contributed by atoms with Crippen molar-refractivity contribution in [1.29, 1.82) is 0 Å². The summed E-state index contributed by atoms with van der Waals surface area (Å²) in [6.07, 6.45) is 1.19. The summed E-state index contributed by atoms with van der Waals surface area (Å²) in [4.78, 5) is 16.0. The van der Waals surface area contributed by atoms with Gasteiger partial charge < -0.3 is 16.0 Å². The van der Waals surface area contributed by atoms with E-state index in [2.05, 4.69) is 27.9 Å². The van der Waals surface area contributed by atoms with Crippen LogP contribution in [0.1, 0.15) is 23.7 Å². The minimum atomic E-state index is -0.104. The van der Waals surface area contributed by atoms with Crippen molar-refractivity contribution < 1.29 is 4.79 Å². The van der Waals surface area contributed by atoms with Crippen LogP contribution in [0.2, 0.25) is 5.02 Å².